The topological polar surface area (TPSA) is 95.1 Å². The van der Waals surface area contributed by atoms with E-state index in [0.717, 1.165) is 6.61 Å². The molecule has 1 saturated heterocycles. The lowest BCUT2D eigenvalue weighted by Gasteiger charge is -2.02. The number of hydrogen-bond acceptors (Lipinski definition) is 5. The second-order valence-electron chi connectivity index (χ2n) is 4.08. The second-order valence-corrected chi connectivity index (χ2v) is 5.57. The summed E-state index contributed by atoms with van der Waals surface area (Å²) >= 11 is 0. The van der Waals surface area contributed by atoms with E-state index in [1.165, 1.54) is 6.07 Å². The van der Waals surface area contributed by atoms with E-state index in [1.54, 1.807) is 18.2 Å². The molecule has 0 aliphatic carbocycles. The standard InChI is InChI=1S/C11H11NO5S/c12-18(13,14)11-3-7-1-2-8(4-10(7)17-11)15-5-9-6-16-9/h1-4,9H,5-6H2,(H2,12,13,14). The van der Waals surface area contributed by atoms with Crippen molar-refractivity contribution in [3.8, 4) is 5.75 Å². The maximum Gasteiger partial charge on any atom is 0.271 e. The number of rotatable bonds is 4. The van der Waals surface area contributed by atoms with Gasteiger partial charge in [0.1, 0.15) is 24.0 Å². The molecule has 1 atom stereocenters. The molecule has 0 saturated carbocycles. The van der Waals surface area contributed by atoms with Crippen LogP contribution in [-0.4, -0.2) is 27.7 Å². The molecule has 3 rings (SSSR count). The van der Waals surface area contributed by atoms with Crippen molar-refractivity contribution in [1.82, 2.24) is 0 Å². The van der Waals surface area contributed by atoms with Crippen LogP contribution < -0.4 is 9.88 Å². The van der Waals surface area contributed by atoms with Crippen LogP contribution >= 0.6 is 0 Å². The third-order valence-electron chi connectivity index (χ3n) is 2.59. The first-order valence-corrected chi connectivity index (χ1v) is 6.88. The number of epoxide rings is 1. The average Bonchev–Trinajstić information content (AvgIpc) is 3.02. The summed E-state index contributed by atoms with van der Waals surface area (Å²) in [6.45, 7) is 1.20. The monoisotopic (exact) mass is 269 g/mol. The predicted molar refractivity (Wildman–Crippen MR) is 62.8 cm³/mol. The minimum absolute atomic E-state index is 0.164. The number of sulfonamides is 1. The molecular formula is C11H11NO5S. The molecule has 2 N–H and O–H groups in total. The van der Waals surface area contributed by atoms with Gasteiger partial charge in [-0.25, -0.2) is 13.6 Å². The fourth-order valence-corrected chi connectivity index (χ4v) is 2.07. The summed E-state index contributed by atoms with van der Waals surface area (Å²) in [5, 5.41) is 5.41. The summed E-state index contributed by atoms with van der Waals surface area (Å²) in [5.41, 5.74) is 0.424. The number of nitrogens with two attached hydrogens (primary N) is 1. The maximum atomic E-state index is 11.1. The molecule has 1 unspecified atom stereocenters. The molecule has 1 aromatic carbocycles. The summed E-state index contributed by atoms with van der Waals surface area (Å²) in [5.74, 6) is 0.605. The van der Waals surface area contributed by atoms with Gasteiger partial charge in [0.25, 0.3) is 10.0 Å². The minimum atomic E-state index is -3.82. The maximum absolute atomic E-state index is 11.1. The van der Waals surface area contributed by atoms with E-state index in [4.69, 9.17) is 19.0 Å². The molecule has 7 heteroatoms. The number of ether oxygens (including phenoxy) is 2. The van der Waals surface area contributed by atoms with Crippen LogP contribution in [0.5, 0.6) is 5.75 Å². The van der Waals surface area contributed by atoms with Gasteiger partial charge < -0.3 is 13.9 Å². The smallest absolute Gasteiger partial charge is 0.271 e. The molecule has 18 heavy (non-hydrogen) atoms. The van der Waals surface area contributed by atoms with Crippen LogP contribution in [0.2, 0.25) is 0 Å². The van der Waals surface area contributed by atoms with Crippen LogP contribution in [0.25, 0.3) is 11.0 Å². The Labute approximate surface area is 103 Å². The Bertz CT molecular complexity index is 687. The summed E-state index contributed by atoms with van der Waals surface area (Å²) in [6.07, 6.45) is 0.164. The highest BCUT2D eigenvalue weighted by molar-refractivity contribution is 7.89. The Morgan fingerprint density at radius 1 is 1.39 bits per heavy atom. The van der Waals surface area contributed by atoms with E-state index in [2.05, 4.69) is 0 Å². The van der Waals surface area contributed by atoms with Crippen molar-refractivity contribution in [1.29, 1.82) is 0 Å². The lowest BCUT2D eigenvalue weighted by atomic mass is 10.2. The summed E-state index contributed by atoms with van der Waals surface area (Å²) in [7, 11) is -3.82. The molecule has 96 valence electrons. The Balaban J connectivity index is 1.90. The van der Waals surface area contributed by atoms with Crippen molar-refractivity contribution in [3.05, 3.63) is 24.3 Å². The molecule has 0 bridgehead atoms. The zero-order valence-electron chi connectivity index (χ0n) is 9.33. The van der Waals surface area contributed by atoms with E-state index < -0.39 is 10.0 Å². The lowest BCUT2D eigenvalue weighted by Crippen LogP contribution is -2.10. The number of fused-ring (bicyclic) bond motifs is 1. The van der Waals surface area contributed by atoms with Crippen molar-refractivity contribution in [2.75, 3.05) is 13.2 Å². The third kappa shape index (κ3) is 2.33. The molecule has 0 amide bonds. The van der Waals surface area contributed by atoms with Gasteiger partial charge in [0.2, 0.25) is 5.09 Å². The van der Waals surface area contributed by atoms with Gasteiger partial charge in [-0.2, -0.15) is 0 Å². The molecule has 6 nitrogen and oxygen atoms in total. The molecule has 1 aliphatic rings. The van der Waals surface area contributed by atoms with E-state index in [0.29, 0.717) is 23.3 Å². The molecule has 0 radical (unpaired) electrons. The average molecular weight is 269 g/mol. The Morgan fingerprint density at radius 2 is 2.17 bits per heavy atom. The number of furan rings is 1. The van der Waals surface area contributed by atoms with Gasteiger partial charge in [-0.15, -0.1) is 0 Å². The Kier molecular flexibility index (Phi) is 2.54. The zero-order chi connectivity index (χ0) is 12.8. The van der Waals surface area contributed by atoms with Crippen LogP contribution in [-0.2, 0) is 14.8 Å². The van der Waals surface area contributed by atoms with Gasteiger partial charge in [0.05, 0.1) is 6.61 Å². The number of primary sulfonamides is 1. The van der Waals surface area contributed by atoms with E-state index in [9.17, 15) is 8.42 Å². The largest absolute Gasteiger partial charge is 0.491 e. The SMILES string of the molecule is NS(=O)(=O)c1cc2ccc(OCC3CO3)cc2o1. The van der Waals surface area contributed by atoms with Gasteiger partial charge in [-0.1, -0.05) is 0 Å². The summed E-state index contributed by atoms with van der Waals surface area (Å²) < 4.78 is 38.0. The van der Waals surface area contributed by atoms with E-state index in [1.807, 2.05) is 0 Å². The highest BCUT2D eigenvalue weighted by Crippen LogP contribution is 2.26. The quantitative estimate of drug-likeness (QED) is 0.830. The van der Waals surface area contributed by atoms with Crippen molar-refractivity contribution in [2.24, 2.45) is 5.14 Å². The van der Waals surface area contributed by atoms with Crippen LogP contribution in [0, 0.1) is 0 Å². The second kappa shape index (κ2) is 3.98. The zero-order valence-corrected chi connectivity index (χ0v) is 10.1. The lowest BCUT2D eigenvalue weighted by molar-refractivity contribution is 0.263. The fourth-order valence-electron chi connectivity index (χ4n) is 1.57. The normalized spacial score (nSPS) is 19.1. The van der Waals surface area contributed by atoms with Crippen molar-refractivity contribution < 1.29 is 22.3 Å². The van der Waals surface area contributed by atoms with Crippen LogP contribution in [0.1, 0.15) is 0 Å². The van der Waals surface area contributed by atoms with Gasteiger partial charge in [-0.05, 0) is 12.1 Å². The Morgan fingerprint density at radius 3 is 2.83 bits per heavy atom. The van der Waals surface area contributed by atoms with Gasteiger partial charge in [-0.3, -0.25) is 0 Å². The van der Waals surface area contributed by atoms with Gasteiger partial charge in [0.15, 0.2) is 0 Å². The molecule has 0 spiro atoms. The van der Waals surface area contributed by atoms with Crippen LogP contribution in [0.4, 0.5) is 0 Å². The van der Waals surface area contributed by atoms with E-state index in [-0.39, 0.29) is 11.2 Å². The molecule has 2 heterocycles. The molecule has 1 aromatic heterocycles. The molecule has 2 aromatic rings. The van der Waals surface area contributed by atoms with Crippen molar-refractivity contribution in [2.45, 2.75) is 11.2 Å². The highest BCUT2D eigenvalue weighted by atomic mass is 32.2. The fraction of sp³-hybridized carbons (Fsp3) is 0.273. The first-order valence-electron chi connectivity index (χ1n) is 5.33. The first-order chi connectivity index (χ1) is 8.52. The van der Waals surface area contributed by atoms with Crippen LogP contribution in [0.3, 0.4) is 0 Å². The first kappa shape index (κ1) is 11.5. The molecule has 1 fully saturated rings. The number of benzene rings is 1. The van der Waals surface area contributed by atoms with Gasteiger partial charge >= 0.3 is 0 Å². The summed E-state index contributed by atoms with van der Waals surface area (Å²) in [4.78, 5) is 0. The van der Waals surface area contributed by atoms with Crippen molar-refractivity contribution in [3.63, 3.8) is 0 Å². The number of hydrogen-bond donors (Lipinski definition) is 1. The highest BCUT2D eigenvalue weighted by Gasteiger charge is 2.23. The van der Waals surface area contributed by atoms with E-state index >= 15 is 0 Å². The van der Waals surface area contributed by atoms with Gasteiger partial charge in [0, 0.05) is 17.5 Å². The molecule has 1 aliphatic heterocycles. The Hall–Kier alpha value is -1.57. The predicted octanol–water partition coefficient (Wildman–Crippen LogP) is 0.858. The molecular weight excluding hydrogens is 258 g/mol. The minimum Gasteiger partial charge on any atom is -0.491 e. The summed E-state index contributed by atoms with van der Waals surface area (Å²) in [6, 6.07) is 6.48. The van der Waals surface area contributed by atoms with Crippen molar-refractivity contribution >= 4 is 21.0 Å². The third-order valence-corrected chi connectivity index (χ3v) is 3.35. The van der Waals surface area contributed by atoms with Crippen LogP contribution in [0.15, 0.2) is 33.8 Å².